The monoisotopic (exact) mass is 131 g/mol. The summed E-state index contributed by atoms with van der Waals surface area (Å²) in [5.41, 5.74) is 2.08. The number of hydrogen-bond donors (Lipinski definition) is 0. The van der Waals surface area contributed by atoms with E-state index in [0.29, 0.717) is 0 Å². The van der Waals surface area contributed by atoms with Crippen LogP contribution in [0.3, 0.4) is 0 Å². The molecule has 49 valence electrons. The molecule has 1 heterocycles. The van der Waals surface area contributed by atoms with E-state index in [1.54, 1.807) is 6.20 Å². The molecule has 0 aromatic carbocycles. The molecule has 1 aromatic rings. The minimum absolute atomic E-state index is 1.00. The fourth-order valence-corrected chi connectivity index (χ4v) is 1.08. The number of rotatable bonds is 0. The topological polar surface area (TPSA) is 25.8 Å². The zero-order chi connectivity index (χ0) is 6.81. The van der Waals surface area contributed by atoms with Crippen molar-refractivity contribution in [2.75, 3.05) is 0 Å². The Morgan fingerprint density at radius 2 is 2.50 bits per heavy atom. The fourth-order valence-electron chi connectivity index (χ4n) is 1.08. The molecule has 10 heavy (non-hydrogen) atoms. The number of aromatic nitrogens is 2. The third-order valence-electron chi connectivity index (χ3n) is 1.58. The van der Waals surface area contributed by atoms with Gasteiger partial charge in [-0.3, -0.25) is 4.98 Å². The lowest BCUT2D eigenvalue weighted by atomic mass is 10.1. The molecule has 1 aliphatic carbocycles. The van der Waals surface area contributed by atoms with E-state index in [-0.39, 0.29) is 0 Å². The summed E-state index contributed by atoms with van der Waals surface area (Å²) in [7, 11) is 0. The molecule has 0 fully saturated rings. The van der Waals surface area contributed by atoms with Crippen LogP contribution in [-0.2, 0) is 6.42 Å². The molecule has 0 saturated heterocycles. The Labute approximate surface area is 59.6 Å². The first-order valence-corrected chi connectivity index (χ1v) is 3.35. The molecule has 0 unspecified atom stereocenters. The van der Waals surface area contributed by atoms with Crippen LogP contribution < -0.4 is 0 Å². The first-order chi connectivity index (χ1) is 4.97. The largest absolute Gasteiger partial charge is 0.253 e. The van der Waals surface area contributed by atoms with Crippen molar-refractivity contribution in [2.24, 2.45) is 0 Å². The normalized spacial score (nSPS) is 14.8. The molecule has 0 atom stereocenters. The molecule has 0 aliphatic heterocycles. The summed E-state index contributed by atoms with van der Waals surface area (Å²) in [6.07, 6.45) is 10.6. The minimum atomic E-state index is 1.00. The second kappa shape index (κ2) is 2.21. The third-order valence-corrected chi connectivity index (χ3v) is 1.58. The van der Waals surface area contributed by atoms with E-state index in [4.69, 9.17) is 0 Å². The Morgan fingerprint density at radius 3 is 3.40 bits per heavy atom. The van der Waals surface area contributed by atoms with E-state index in [1.807, 2.05) is 6.08 Å². The summed E-state index contributed by atoms with van der Waals surface area (Å²) < 4.78 is 0. The van der Waals surface area contributed by atoms with Gasteiger partial charge in [-0.1, -0.05) is 6.08 Å². The van der Waals surface area contributed by atoms with Crippen LogP contribution in [0.15, 0.2) is 12.3 Å². The van der Waals surface area contributed by atoms with Crippen molar-refractivity contribution in [3.63, 3.8) is 0 Å². The summed E-state index contributed by atoms with van der Waals surface area (Å²) in [6.45, 7) is 0. The highest BCUT2D eigenvalue weighted by atomic mass is 14.8. The van der Waals surface area contributed by atoms with Crippen LogP contribution >= 0.6 is 0 Å². The molecule has 2 heteroatoms. The predicted molar refractivity (Wildman–Crippen MR) is 38.2 cm³/mol. The van der Waals surface area contributed by atoms with Crippen LogP contribution in [0.2, 0.25) is 0 Å². The van der Waals surface area contributed by atoms with E-state index in [2.05, 4.69) is 22.2 Å². The molecule has 1 aromatic heterocycles. The molecule has 0 N–H and O–H groups in total. The number of hydrogen-bond acceptors (Lipinski definition) is 2. The molecule has 0 bridgehead atoms. The highest BCUT2D eigenvalue weighted by Gasteiger charge is 2.03. The quantitative estimate of drug-likeness (QED) is 0.529. The maximum atomic E-state index is 4.11. The van der Waals surface area contributed by atoms with Gasteiger partial charge in [0, 0.05) is 0 Å². The summed E-state index contributed by atoms with van der Waals surface area (Å²) >= 11 is 0. The van der Waals surface area contributed by atoms with Crippen molar-refractivity contribution in [1.82, 2.24) is 9.97 Å². The van der Waals surface area contributed by atoms with Gasteiger partial charge in [0.15, 0.2) is 0 Å². The summed E-state index contributed by atoms with van der Waals surface area (Å²) in [6, 6.07) is 0. The second-order valence-electron chi connectivity index (χ2n) is 2.27. The SMILES string of the molecule is [c]1cnc2c(n1)CCC=C2. The Bertz CT molecular complexity index is 266. The number of allylic oxidation sites excluding steroid dienone is 1. The van der Waals surface area contributed by atoms with Crippen LogP contribution in [0.1, 0.15) is 17.8 Å². The van der Waals surface area contributed by atoms with E-state index < -0.39 is 0 Å². The highest BCUT2D eigenvalue weighted by Crippen LogP contribution is 2.12. The van der Waals surface area contributed by atoms with Gasteiger partial charge in [0.05, 0.1) is 17.6 Å². The molecular weight excluding hydrogens is 124 g/mol. The first-order valence-electron chi connectivity index (χ1n) is 3.35. The molecule has 1 radical (unpaired) electrons. The van der Waals surface area contributed by atoms with E-state index in [9.17, 15) is 0 Å². The molecular formula is C8H7N2. The zero-order valence-electron chi connectivity index (χ0n) is 5.54. The van der Waals surface area contributed by atoms with Crippen LogP contribution in [0.4, 0.5) is 0 Å². The average molecular weight is 131 g/mol. The Hall–Kier alpha value is -1.18. The predicted octanol–water partition coefficient (Wildman–Crippen LogP) is 1.24. The molecule has 0 saturated carbocycles. The molecule has 0 spiro atoms. The summed E-state index contributed by atoms with van der Waals surface area (Å²) in [5, 5.41) is 0. The first kappa shape index (κ1) is 5.59. The third kappa shape index (κ3) is 0.817. The smallest absolute Gasteiger partial charge is 0.109 e. The Kier molecular flexibility index (Phi) is 1.24. The highest BCUT2D eigenvalue weighted by molar-refractivity contribution is 5.49. The maximum Gasteiger partial charge on any atom is 0.109 e. The Balaban J connectivity index is 2.54. The van der Waals surface area contributed by atoms with Crippen molar-refractivity contribution < 1.29 is 0 Å². The lowest BCUT2D eigenvalue weighted by Gasteiger charge is -2.05. The van der Waals surface area contributed by atoms with Gasteiger partial charge in [0.1, 0.15) is 6.20 Å². The van der Waals surface area contributed by atoms with Crippen LogP contribution in [0.25, 0.3) is 6.08 Å². The van der Waals surface area contributed by atoms with Gasteiger partial charge in [-0.15, -0.1) is 0 Å². The van der Waals surface area contributed by atoms with Gasteiger partial charge >= 0.3 is 0 Å². The maximum absolute atomic E-state index is 4.11. The second-order valence-corrected chi connectivity index (χ2v) is 2.27. The standard InChI is InChI=1S/C8H7N2/c1-2-4-8-7(3-1)9-5-6-10-8/h1,3,5H,2,4H2. The van der Waals surface area contributed by atoms with Crippen LogP contribution in [-0.4, -0.2) is 9.97 Å². The van der Waals surface area contributed by atoms with Gasteiger partial charge in [0.2, 0.25) is 0 Å². The van der Waals surface area contributed by atoms with Crippen molar-refractivity contribution in [1.29, 1.82) is 0 Å². The fraction of sp³-hybridized carbons (Fsp3) is 0.250. The lowest BCUT2D eigenvalue weighted by molar-refractivity contribution is 0.899. The van der Waals surface area contributed by atoms with Crippen molar-refractivity contribution in [3.8, 4) is 0 Å². The zero-order valence-corrected chi connectivity index (χ0v) is 5.54. The molecule has 2 nitrogen and oxygen atoms in total. The van der Waals surface area contributed by atoms with Gasteiger partial charge < -0.3 is 0 Å². The molecule has 2 rings (SSSR count). The summed E-state index contributed by atoms with van der Waals surface area (Å²) in [4.78, 5) is 8.19. The van der Waals surface area contributed by atoms with Gasteiger partial charge in [-0.05, 0) is 18.9 Å². The van der Waals surface area contributed by atoms with E-state index in [0.717, 1.165) is 24.2 Å². The van der Waals surface area contributed by atoms with Gasteiger partial charge in [-0.25, -0.2) is 4.98 Å². The number of fused-ring (bicyclic) bond motifs is 1. The van der Waals surface area contributed by atoms with Gasteiger partial charge in [0.25, 0.3) is 0 Å². The lowest BCUT2D eigenvalue weighted by Crippen LogP contribution is -1.99. The van der Waals surface area contributed by atoms with E-state index >= 15 is 0 Å². The molecule has 1 aliphatic rings. The van der Waals surface area contributed by atoms with Crippen molar-refractivity contribution in [2.45, 2.75) is 12.8 Å². The van der Waals surface area contributed by atoms with Crippen LogP contribution in [0.5, 0.6) is 0 Å². The van der Waals surface area contributed by atoms with Crippen molar-refractivity contribution >= 4 is 6.08 Å². The van der Waals surface area contributed by atoms with Gasteiger partial charge in [-0.2, -0.15) is 0 Å². The average Bonchev–Trinajstić information content (AvgIpc) is 2.05. The van der Waals surface area contributed by atoms with E-state index in [1.165, 1.54) is 0 Å². The van der Waals surface area contributed by atoms with Crippen LogP contribution in [0, 0.1) is 6.20 Å². The number of nitrogens with zero attached hydrogens (tertiary/aromatic N) is 2. The van der Waals surface area contributed by atoms with Crippen molar-refractivity contribution in [3.05, 3.63) is 29.9 Å². The molecule has 0 amide bonds. The summed E-state index contributed by atoms with van der Waals surface area (Å²) in [5.74, 6) is 0. The minimum Gasteiger partial charge on any atom is -0.253 e. The Morgan fingerprint density at radius 1 is 1.50 bits per heavy atom. The number of aryl methyl sites for hydroxylation is 1.